The maximum absolute atomic E-state index is 2.60. The topological polar surface area (TPSA) is 0 Å². The SMILES string of the molecule is C[Si]1(C)[S][Sb]([c]2ccccc2)[S][Si]1(C)C. The van der Waals surface area contributed by atoms with E-state index in [-0.39, 0.29) is 0 Å². The summed E-state index contributed by atoms with van der Waals surface area (Å²) in [5.74, 6) is 0. The van der Waals surface area contributed by atoms with Crippen LogP contribution in [0, 0.1) is 0 Å². The molecular weight excluding hydrogens is 362 g/mol. The van der Waals surface area contributed by atoms with Gasteiger partial charge in [0.1, 0.15) is 0 Å². The standard InChI is InChI=1S/C6H5.C4H12S2Si2.Sb/c1-2-4-6-5-3-1;1-7(2,5)8(3,4)6;/h1-5H;1-4H3;/q;-2;+2. The summed E-state index contributed by atoms with van der Waals surface area (Å²) in [5, 5.41) is 0. The molecule has 0 N–H and O–H groups in total. The van der Waals surface area contributed by atoms with Crippen LogP contribution in [0.1, 0.15) is 0 Å². The minimum atomic E-state index is -1.20. The molecule has 0 aromatic heterocycles. The molecule has 0 aliphatic carbocycles. The second-order valence-corrected chi connectivity index (χ2v) is 46.9. The van der Waals surface area contributed by atoms with Gasteiger partial charge in [-0.25, -0.2) is 0 Å². The van der Waals surface area contributed by atoms with Gasteiger partial charge in [0, 0.05) is 0 Å². The Bertz CT molecular complexity index is 338. The van der Waals surface area contributed by atoms with Gasteiger partial charge in [0.05, 0.1) is 0 Å². The number of rotatable bonds is 1. The van der Waals surface area contributed by atoms with Crippen LogP contribution in [0.4, 0.5) is 0 Å². The molecule has 0 atom stereocenters. The zero-order valence-corrected chi connectivity index (χ0v) is 15.8. The summed E-state index contributed by atoms with van der Waals surface area (Å²) in [7, 11) is 4.95. The molecule has 0 amide bonds. The van der Waals surface area contributed by atoms with Crippen molar-refractivity contribution in [2.45, 2.75) is 26.2 Å². The van der Waals surface area contributed by atoms with Crippen molar-refractivity contribution in [3.05, 3.63) is 30.3 Å². The van der Waals surface area contributed by atoms with Gasteiger partial charge in [-0.3, -0.25) is 0 Å². The van der Waals surface area contributed by atoms with Crippen LogP contribution in [0.5, 0.6) is 0 Å². The van der Waals surface area contributed by atoms with Gasteiger partial charge in [0.2, 0.25) is 0 Å². The normalized spacial score (nSPS) is 24.3. The second-order valence-electron chi connectivity index (χ2n) is 4.80. The van der Waals surface area contributed by atoms with Gasteiger partial charge >= 0.3 is 108 Å². The quantitative estimate of drug-likeness (QED) is 0.687. The monoisotopic (exact) mass is 378 g/mol. The molecule has 0 spiro atoms. The summed E-state index contributed by atoms with van der Waals surface area (Å²) >= 11 is -1.20. The molecule has 0 saturated carbocycles. The molecule has 1 aromatic rings. The molecule has 1 heterocycles. The molecule has 1 saturated heterocycles. The van der Waals surface area contributed by atoms with Crippen LogP contribution in [0.2, 0.25) is 26.2 Å². The Morgan fingerprint density at radius 3 is 1.80 bits per heavy atom. The minimum absolute atomic E-state index is 0.914. The first-order valence-corrected chi connectivity index (χ1v) is 22.7. The summed E-state index contributed by atoms with van der Waals surface area (Å²) in [6.07, 6.45) is 0. The first kappa shape index (κ1) is 12.6. The van der Waals surface area contributed by atoms with Crippen molar-refractivity contribution >= 4 is 51.0 Å². The van der Waals surface area contributed by atoms with Crippen LogP contribution in [0.3, 0.4) is 0 Å². The predicted octanol–water partition coefficient (Wildman–Crippen LogP) is 3.35. The van der Waals surface area contributed by atoms with E-state index in [1.807, 2.05) is 0 Å². The Balaban J connectivity index is 2.24. The summed E-state index contributed by atoms with van der Waals surface area (Å²) in [4.78, 5) is 0. The average molecular weight is 379 g/mol. The van der Waals surface area contributed by atoms with E-state index < -0.39 is 30.9 Å². The van der Waals surface area contributed by atoms with E-state index in [1.54, 1.807) is 3.51 Å². The Morgan fingerprint density at radius 2 is 1.33 bits per heavy atom. The van der Waals surface area contributed by atoms with Crippen molar-refractivity contribution < 1.29 is 0 Å². The van der Waals surface area contributed by atoms with Gasteiger partial charge in [0.25, 0.3) is 0 Å². The molecule has 0 bridgehead atoms. The third kappa shape index (κ3) is 2.54. The molecule has 0 nitrogen and oxygen atoms in total. The fourth-order valence-corrected chi connectivity index (χ4v) is 140. The molecule has 0 radical (unpaired) electrons. The van der Waals surface area contributed by atoms with E-state index in [4.69, 9.17) is 0 Å². The van der Waals surface area contributed by atoms with Crippen LogP contribution in [-0.2, 0) is 0 Å². The van der Waals surface area contributed by atoms with Crippen molar-refractivity contribution in [2.75, 3.05) is 0 Å². The van der Waals surface area contributed by atoms with E-state index in [1.165, 1.54) is 0 Å². The predicted molar refractivity (Wildman–Crippen MR) is 82.0 cm³/mol. The van der Waals surface area contributed by atoms with Gasteiger partial charge < -0.3 is 0 Å². The Hall–Kier alpha value is 1.17. The van der Waals surface area contributed by atoms with Gasteiger partial charge in [-0.1, -0.05) is 0 Å². The maximum atomic E-state index is 2.60. The summed E-state index contributed by atoms with van der Waals surface area (Å²) in [6, 6.07) is 11.3. The molecule has 2 rings (SSSR count). The third-order valence-corrected chi connectivity index (χ3v) is 86.8. The van der Waals surface area contributed by atoms with E-state index in [0.29, 0.717) is 0 Å². The zero-order valence-electron chi connectivity index (χ0n) is 9.65. The van der Waals surface area contributed by atoms with Gasteiger partial charge in [0.15, 0.2) is 0 Å². The van der Waals surface area contributed by atoms with Gasteiger partial charge in [-0.15, -0.1) is 0 Å². The number of hydrogen-bond acceptors (Lipinski definition) is 2. The fraction of sp³-hybridized carbons (Fsp3) is 0.400. The second kappa shape index (κ2) is 4.45. The molecule has 0 unspecified atom stereocenters. The van der Waals surface area contributed by atoms with E-state index >= 15 is 0 Å². The van der Waals surface area contributed by atoms with Crippen LogP contribution in [0.25, 0.3) is 0 Å². The van der Waals surface area contributed by atoms with Gasteiger partial charge in [-0.2, -0.15) is 0 Å². The van der Waals surface area contributed by atoms with Crippen LogP contribution in [-0.4, -0.2) is 30.9 Å². The zero-order chi connectivity index (χ0) is 11.1. The van der Waals surface area contributed by atoms with Crippen molar-refractivity contribution in [3.63, 3.8) is 0 Å². The number of benzene rings is 1. The molecule has 15 heavy (non-hydrogen) atoms. The molecule has 82 valence electrons. The molecular formula is C10H17S2SbSi2. The molecule has 1 aromatic carbocycles. The van der Waals surface area contributed by atoms with Crippen LogP contribution < -0.4 is 3.51 Å². The first-order valence-electron chi connectivity index (χ1n) is 5.16. The molecule has 1 fully saturated rings. The molecule has 1 aliphatic rings. The number of hydrogen-bond donors (Lipinski definition) is 0. The third-order valence-electron chi connectivity index (χ3n) is 3.04. The van der Waals surface area contributed by atoms with E-state index in [9.17, 15) is 0 Å². The Labute approximate surface area is 106 Å². The summed E-state index contributed by atoms with van der Waals surface area (Å²) in [5.41, 5.74) is 0. The average Bonchev–Trinajstić information content (AvgIpc) is 2.38. The van der Waals surface area contributed by atoms with E-state index in [2.05, 4.69) is 73.1 Å². The fourth-order valence-electron chi connectivity index (χ4n) is 1.31. The van der Waals surface area contributed by atoms with Crippen molar-refractivity contribution in [1.29, 1.82) is 0 Å². The van der Waals surface area contributed by atoms with Crippen LogP contribution in [0.15, 0.2) is 30.3 Å². The Kier molecular flexibility index (Phi) is 3.74. The van der Waals surface area contributed by atoms with Gasteiger partial charge in [-0.05, 0) is 0 Å². The first-order chi connectivity index (χ1) is 6.92. The van der Waals surface area contributed by atoms with Crippen molar-refractivity contribution in [1.82, 2.24) is 0 Å². The summed E-state index contributed by atoms with van der Waals surface area (Å²) in [6.45, 7) is 8.58. The van der Waals surface area contributed by atoms with Crippen molar-refractivity contribution in [3.8, 4) is 0 Å². The molecule has 5 heteroatoms. The Morgan fingerprint density at radius 1 is 0.867 bits per heavy atom. The van der Waals surface area contributed by atoms with Crippen molar-refractivity contribution in [2.24, 2.45) is 0 Å². The molecule has 1 aliphatic heterocycles. The summed E-state index contributed by atoms with van der Waals surface area (Å²) < 4.78 is 1.70. The van der Waals surface area contributed by atoms with E-state index in [0.717, 1.165) is 0 Å². The van der Waals surface area contributed by atoms with Crippen LogP contribution >= 0.6 is 16.6 Å².